The molecule has 3 aromatic rings. The van der Waals surface area contributed by atoms with Gasteiger partial charge in [0, 0.05) is 12.6 Å². The number of hydrogen-bond acceptors (Lipinski definition) is 5. The Balaban J connectivity index is 2.01. The van der Waals surface area contributed by atoms with Crippen LogP contribution < -0.4 is 9.47 Å². The summed E-state index contributed by atoms with van der Waals surface area (Å²) < 4.78 is 10.7. The summed E-state index contributed by atoms with van der Waals surface area (Å²) in [6.45, 7) is 2.31. The van der Waals surface area contributed by atoms with Gasteiger partial charge in [-0.05, 0) is 28.8 Å². The molecule has 4 rings (SSSR count). The molecular weight excluding hydrogens is 442 g/mol. The average molecular weight is 466 g/mol. The minimum atomic E-state index is -0.748. The molecule has 7 heteroatoms. The summed E-state index contributed by atoms with van der Waals surface area (Å²) in [5, 5.41) is 13.5. The number of halogens is 1. The molecule has 0 aliphatic carbocycles. The van der Waals surface area contributed by atoms with Crippen molar-refractivity contribution < 1.29 is 24.2 Å². The Bertz CT molecular complexity index is 1280. The number of methoxy groups -OCH3 is 2. The Labute approximate surface area is 197 Å². The quantitative estimate of drug-likeness (QED) is 0.302. The molecule has 0 radical (unpaired) electrons. The highest BCUT2D eigenvalue weighted by atomic mass is 35.5. The van der Waals surface area contributed by atoms with E-state index in [4.69, 9.17) is 21.1 Å². The molecule has 33 heavy (non-hydrogen) atoms. The van der Waals surface area contributed by atoms with Crippen molar-refractivity contribution in [3.63, 3.8) is 0 Å². The molecule has 6 nitrogen and oxygen atoms in total. The van der Waals surface area contributed by atoms with Gasteiger partial charge in [-0.3, -0.25) is 9.59 Å². The van der Waals surface area contributed by atoms with Gasteiger partial charge in [-0.15, -0.1) is 0 Å². The highest BCUT2D eigenvalue weighted by Crippen LogP contribution is 2.44. The van der Waals surface area contributed by atoms with Crippen LogP contribution in [-0.2, 0) is 9.59 Å². The summed E-state index contributed by atoms with van der Waals surface area (Å²) in [4.78, 5) is 27.8. The number of aliphatic hydroxyl groups excluding tert-OH is 1. The molecular formula is C26H24ClNO5. The van der Waals surface area contributed by atoms with Crippen molar-refractivity contribution in [3.05, 3.63) is 76.3 Å². The van der Waals surface area contributed by atoms with Gasteiger partial charge < -0.3 is 19.5 Å². The predicted molar refractivity (Wildman–Crippen MR) is 128 cm³/mol. The SMILES string of the molecule is CCCN1C(=O)C(=O)/C(=C(/O)c2cc(Cl)c(OC)cc2OC)C1c1cccc2ccccc12. The van der Waals surface area contributed by atoms with Crippen LogP contribution in [0, 0.1) is 0 Å². The fourth-order valence-electron chi connectivity index (χ4n) is 4.35. The normalized spacial score (nSPS) is 17.6. The van der Waals surface area contributed by atoms with E-state index in [2.05, 4.69) is 0 Å². The zero-order valence-electron chi connectivity index (χ0n) is 18.6. The number of carbonyl (C=O) groups excluding carboxylic acids is 2. The van der Waals surface area contributed by atoms with Crippen LogP contribution in [-0.4, -0.2) is 42.5 Å². The third-order valence-electron chi connectivity index (χ3n) is 5.85. The fourth-order valence-corrected chi connectivity index (χ4v) is 4.59. The standard InChI is InChI=1S/C26H24ClNO5/c1-4-12-28-23(17-11-7-9-15-8-5-6-10-16(15)17)22(25(30)26(28)31)24(29)18-13-19(27)21(33-3)14-20(18)32-2/h5-11,13-14,23,29H,4,12H2,1-3H3/b24-22+. The second-order valence-corrected chi connectivity index (χ2v) is 8.16. The molecule has 0 bridgehead atoms. The molecule has 0 spiro atoms. The van der Waals surface area contributed by atoms with Crippen LogP contribution in [0.2, 0.25) is 5.02 Å². The van der Waals surface area contributed by atoms with E-state index in [1.165, 1.54) is 31.3 Å². The van der Waals surface area contributed by atoms with Crippen molar-refractivity contribution in [2.45, 2.75) is 19.4 Å². The predicted octanol–water partition coefficient (Wildman–Crippen LogP) is 5.34. The van der Waals surface area contributed by atoms with Crippen LogP contribution in [0.1, 0.15) is 30.5 Å². The number of hydrogen-bond donors (Lipinski definition) is 1. The maximum Gasteiger partial charge on any atom is 0.295 e. The van der Waals surface area contributed by atoms with E-state index in [0.717, 1.165) is 16.3 Å². The summed E-state index contributed by atoms with van der Waals surface area (Å²) in [6, 6.07) is 15.7. The van der Waals surface area contributed by atoms with Gasteiger partial charge in [0.25, 0.3) is 11.7 Å². The van der Waals surface area contributed by atoms with Crippen molar-refractivity contribution in [2.75, 3.05) is 20.8 Å². The molecule has 1 N–H and O–H groups in total. The molecule has 1 atom stereocenters. The Hall–Kier alpha value is -3.51. The number of nitrogens with zero attached hydrogens (tertiary/aromatic N) is 1. The first-order valence-electron chi connectivity index (χ1n) is 10.6. The number of Topliss-reactive ketones (excluding diaryl/α,β-unsaturated/α-hetero) is 1. The smallest absolute Gasteiger partial charge is 0.295 e. The fraction of sp³-hybridized carbons (Fsp3) is 0.231. The van der Waals surface area contributed by atoms with Gasteiger partial charge in [0.2, 0.25) is 0 Å². The molecule has 1 heterocycles. The molecule has 1 saturated heterocycles. The average Bonchev–Trinajstić information content (AvgIpc) is 3.08. The van der Waals surface area contributed by atoms with Gasteiger partial charge in [-0.2, -0.15) is 0 Å². The summed E-state index contributed by atoms with van der Waals surface area (Å²) >= 11 is 6.31. The lowest BCUT2D eigenvalue weighted by Crippen LogP contribution is -2.30. The second-order valence-electron chi connectivity index (χ2n) is 7.75. The van der Waals surface area contributed by atoms with Crippen molar-refractivity contribution >= 4 is 39.8 Å². The number of ether oxygens (including phenoxy) is 2. The Morgan fingerprint density at radius 2 is 1.73 bits per heavy atom. The highest BCUT2D eigenvalue weighted by Gasteiger charge is 2.46. The highest BCUT2D eigenvalue weighted by molar-refractivity contribution is 6.46. The molecule has 1 amide bonds. The first-order chi connectivity index (χ1) is 15.9. The van der Waals surface area contributed by atoms with E-state index in [9.17, 15) is 14.7 Å². The maximum absolute atomic E-state index is 13.2. The summed E-state index contributed by atoms with van der Waals surface area (Å²) in [7, 11) is 2.91. The Kier molecular flexibility index (Phi) is 6.29. The van der Waals surface area contributed by atoms with Crippen LogP contribution in [0.3, 0.4) is 0 Å². The lowest BCUT2D eigenvalue weighted by atomic mass is 9.91. The number of ketones is 1. The van der Waals surface area contributed by atoms with E-state index >= 15 is 0 Å². The molecule has 170 valence electrons. The van der Waals surface area contributed by atoms with Gasteiger partial charge >= 0.3 is 0 Å². The number of likely N-dealkylation sites (tertiary alicyclic amines) is 1. The number of rotatable bonds is 6. The van der Waals surface area contributed by atoms with Gasteiger partial charge in [0.05, 0.1) is 36.4 Å². The van der Waals surface area contributed by atoms with Crippen LogP contribution in [0.25, 0.3) is 16.5 Å². The first kappa shape index (κ1) is 22.7. The zero-order valence-corrected chi connectivity index (χ0v) is 19.3. The third kappa shape index (κ3) is 3.80. The molecule has 1 aliphatic rings. The monoisotopic (exact) mass is 465 g/mol. The summed E-state index contributed by atoms with van der Waals surface area (Å²) in [5.74, 6) is -1.09. The number of carbonyl (C=O) groups is 2. The molecule has 0 saturated carbocycles. The van der Waals surface area contributed by atoms with Gasteiger partial charge in [0.1, 0.15) is 17.3 Å². The van der Waals surface area contributed by atoms with Crippen molar-refractivity contribution in [1.82, 2.24) is 4.90 Å². The van der Waals surface area contributed by atoms with Gasteiger partial charge in [0.15, 0.2) is 0 Å². The molecule has 3 aromatic carbocycles. The van der Waals surface area contributed by atoms with Crippen LogP contribution in [0.15, 0.2) is 60.2 Å². The molecule has 0 aromatic heterocycles. The third-order valence-corrected chi connectivity index (χ3v) is 6.15. The molecule has 1 unspecified atom stereocenters. The number of benzene rings is 3. The minimum Gasteiger partial charge on any atom is -0.507 e. The number of aliphatic hydroxyl groups is 1. The number of fused-ring (bicyclic) bond motifs is 1. The van der Waals surface area contributed by atoms with E-state index in [1.54, 1.807) is 0 Å². The van der Waals surface area contributed by atoms with E-state index < -0.39 is 17.7 Å². The minimum absolute atomic E-state index is 0.00402. The molecule has 1 fully saturated rings. The Morgan fingerprint density at radius 3 is 2.42 bits per heavy atom. The van der Waals surface area contributed by atoms with E-state index in [-0.39, 0.29) is 27.7 Å². The zero-order chi connectivity index (χ0) is 23.7. The second kappa shape index (κ2) is 9.16. The van der Waals surface area contributed by atoms with Gasteiger partial charge in [-0.1, -0.05) is 61.0 Å². The van der Waals surface area contributed by atoms with Crippen LogP contribution in [0.4, 0.5) is 0 Å². The van der Waals surface area contributed by atoms with Crippen molar-refractivity contribution in [2.24, 2.45) is 0 Å². The van der Waals surface area contributed by atoms with Crippen LogP contribution in [0.5, 0.6) is 11.5 Å². The maximum atomic E-state index is 13.2. The topological polar surface area (TPSA) is 76.1 Å². The Morgan fingerprint density at radius 1 is 1.03 bits per heavy atom. The lowest BCUT2D eigenvalue weighted by molar-refractivity contribution is -0.139. The largest absolute Gasteiger partial charge is 0.507 e. The van der Waals surface area contributed by atoms with Crippen molar-refractivity contribution in [3.8, 4) is 11.5 Å². The van der Waals surface area contributed by atoms with Crippen molar-refractivity contribution in [1.29, 1.82) is 0 Å². The lowest BCUT2D eigenvalue weighted by Gasteiger charge is -2.26. The summed E-state index contributed by atoms with van der Waals surface area (Å²) in [6.07, 6.45) is 0.659. The van der Waals surface area contributed by atoms with Crippen LogP contribution >= 0.6 is 11.6 Å². The summed E-state index contributed by atoms with van der Waals surface area (Å²) in [5.41, 5.74) is 0.980. The number of amides is 1. The van der Waals surface area contributed by atoms with E-state index in [0.29, 0.717) is 18.7 Å². The van der Waals surface area contributed by atoms with Gasteiger partial charge in [-0.25, -0.2) is 0 Å². The first-order valence-corrected chi connectivity index (χ1v) is 11.0. The molecule has 1 aliphatic heterocycles. The van der Waals surface area contributed by atoms with E-state index in [1.807, 2.05) is 49.4 Å².